The molecule has 1 atom stereocenters. The Morgan fingerprint density at radius 3 is 2.62 bits per heavy atom. The third-order valence-corrected chi connectivity index (χ3v) is 9.70. The third kappa shape index (κ3) is 4.51. The van der Waals surface area contributed by atoms with Crippen molar-refractivity contribution in [3.63, 3.8) is 0 Å². The molecule has 0 aliphatic carbocycles. The van der Waals surface area contributed by atoms with E-state index in [0.717, 1.165) is 25.9 Å². The van der Waals surface area contributed by atoms with Gasteiger partial charge in [0.05, 0.1) is 4.62 Å². The molecule has 2 aromatic rings. The normalized spacial score (nSPS) is 14.5. The Labute approximate surface area is 152 Å². The second-order valence-electron chi connectivity index (χ2n) is 5.12. The molecule has 0 saturated heterocycles. The molecule has 0 radical (unpaired) electrons. The highest BCUT2D eigenvalue weighted by Crippen LogP contribution is 2.63. The van der Waals surface area contributed by atoms with Crippen LogP contribution in [-0.4, -0.2) is 5.75 Å². The van der Waals surface area contributed by atoms with Crippen molar-refractivity contribution in [1.29, 1.82) is 0 Å². The zero-order valence-corrected chi connectivity index (χ0v) is 16.2. The first-order valence-electron chi connectivity index (χ1n) is 7.57. The lowest BCUT2D eigenvalue weighted by molar-refractivity contribution is 0.590. The van der Waals surface area contributed by atoms with Crippen LogP contribution >= 0.6 is 30.2 Å². The first-order valence-corrected chi connectivity index (χ1v) is 11.1. The maximum atomic E-state index is 13.7. The van der Waals surface area contributed by atoms with Crippen molar-refractivity contribution >= 4 is 40.9 Å². The zero-order valence-electron chi connectivity index (χ0n) is 13.7. The number of hydrogen-bond donors (Lipinski definition) is 0. The van der Waals surface area contributed by atoms with Crippen molar-refractivity contribution in [3.8, 4) is 0 Å². The predicted molar refractivity (Wildman–Crippen MR) is 113 cm³/mol. The van der Waals surface area contributed by atoms with E-state index in [2.05, 4.69) is 37.4 Å². The molecule has 1 aromatic carbocycles. The summed E-state index contributed by atoms with van der Waals surface area (Å²) in [7, 11) is -2.79. The highest BCUT2D eigenvalue weighted by molar-refractivity contribution is 8.13. The van der Waals surface area contributed by atoms with Crippen LogP contribution < -0.4 is 4.62 Å². The first kappa shape index (κ1) is 18.8. The first-order chi connectivity index (χ1) is 11.6. The van der Waals surface area contributed by atoms with Crippen LogP contribution in [-0.2, 0) is 4.57 Å². The summed E-state index contributed by atoms with van der Waals surface area (Å²) in [5.74, 6) is 0.741. The zero-order chi connectivity index (χ0) is 17.4. The van der Waals surface area contributed by atoms with Crippen LogP contribution in [0.1, 0.15) is 12.5 Å². The molecule has 0 saturated carbocycles. The van der Waals surface area contributed by atoms with E-state index in [4.69, 9.17) is 0 Å². The molecule has 24 heavy (non-hydrogen) atoms. The van der Waals surface area contributed by atoms with Crippen LogP contribution in [0, 0.1) is 0 Å². The van der Waals surface area contributed by atoms with E-state index in [-0.39, 0.29) is 0 Å². The van der Waals surface area contributed by atoms with E-state index in [1.807, 2.05) is 48.7 Å². The molecule has 0 N–H and O–H groups in total. The quantitative estimate of drug-likeness (QED) is 0.377. The van der Waals surface area contributed by atoms with Crippen LogP contribution in [0.2, 0.25) is 0 Å². The smallest absolute Gasteiger partial charge is 0.181 e. The van der Waals surface area contributed by atoms with Crippen LogP contribution in [0.5, 0.6) is 0 Å². The molecule has 4 heteroatoms. The second-order valence-corrected chi connectivity index (χ2v) is 10.7. The highest BCUT2D eigenvalue weighted by atomic mass is 32.2. The molecule has 1 unspecified atom stereocenters. The van der Waals surface area contributed by atoms with E-state index < -0.39 is 7.14 Å². The summed E-state index contributed by atoms with van der Waals surface area (Å²) in [6.07, 6.45) is 7.66. The molecule has 1 aromatic heterocycles. The number of thioether (sulfide) groups is 1. The average molecular weight is 372 g/mol. The monoisotopic (exact) mass is 372 g/mol. The summed E-state index contributed by atoms with van der Waals surface area (Å²) in [6, 6.07) is 14.0. The van der Waals surface area contributed by atoms with Crippen LogP contribution in [0.25, 0.3) is 6.08 Å². The minimum Gasteiger partial charge on any atom is -0.308 e. The summed E-state index contributed by atoms with van der Waals surface area (Å²) >= 11 is 3.06. The topological polar surface area (TPSA) is 17.1 Å². The molecule has 0 amide bonds. The van der Waals surface area contributed by atoms with Crippen LogP contribution in [0.3, 0.4) is 0 Å². The number of hydrogen-bond acceptors (Lipinski definition) is 3. The number of rotatable bonds is 8. The minimum atomic E-state index is -2.79. The van der Waals surface area contributed by atoms with Crippen molar-refractivity contribution in [3.05, 3.63) is 94.8 Å². The number of benzene rings is 1. The Bertz CT molecular complexity index is 786. The van der Waals surface area contributed by atoms with Gasteiger partial charge in [0.2, 0.25) is 0 Å². The summed E-state index contributed by atoms with van der Waals surface area (Å²) < 4.78 is 15.3. The van der Waals surface area contributed by atoms with E-state index >= 15 is 0 Å². The predicted octanol–water partition coefficient (Wildman–Crippen LogP) is 6.74. The second kappa shape index (κ2) is 9.08. The molecule has 2 rings (SSSR count). The van der Waals surface area contributed by atoms with Crippen molar-refractivity contribution in [2.24, 2.45) is 0 Å². The van der Waals surface area contributed by atoms with E-state index in [0.29, 0.717) is 0 Å². The maximum Gasteiger partial charge on any atom is 0.181 e. The van der Waals surface area contributed by atoms with Crippen LogP contribution in [0.15, 0.2) is 89.2 Å². The lowest BCUT2D eigenvalue weighted by Crippen LogP contribution is -2.01. The summed E-state index contributed by atoms with van der Waals surface area (Å²) in [5, 5.41) is 2.78. The van der Waals surface area contributed by atoms with Gasteiger partial charge in [-0.3, -0.25) is 0 Å². The molecule has 124 valence electrons. The van der Waals surface area contributed by atoms with Crippen molar-refractivity contribution in [2.45, 2.75) is 6.92 Å². The molecule has 0 fully saturated rings. The Kier molecular flexibility index (Phi) is 7.11. The summed E-state index contributed by atoms with van der Waals surface area (Å²) in [4.78, 5) is 0. The average Bonchev–Trinajstić information content (AvgIpc) is 3.14. The van der Waals surface area contributed by atoms with Gasteiger partial charge in [0.15, 0.2) is 7.14 Å². The van der Waals surface area contributed by atoms with Gasteiger partial charge in [-0.15, -0.1) is 23.1 Å². The lowest BCUT2D eigenvalue weighted by atomic mass is 10.2. The molecular weight excluding hydrogens is 351 g/mol. The number of thiophene rings is 1. The standard InChI is InChI=1S/C20H21OPS2/c1-4-10-17(2)22(21,20-14-9-16-24-20)18(3)23-15-8-13-19-11-6-5-7-12-19/h4-14,16H,1,3,15H2,2H3. The molecule has 1 nitrogen and oxygen atoms in total. The van der Waals surface area contributed by atoms with E-state index in [1.54, 1.807) is 17.8 Å². The molecule has 0 spiro atoms. The molecule has 0 bridgehead atoms. The van der Waals surface area contributed by atoms with Gasteiger partial charge in [-0.2, -0.15) is 0 Å². The summed E-state index contributed by atoms with van der Waals surface area (Å²) in [5.41, 5.74) is 1.16. The van der Waals surface area contributed by atoms with E-state index in [9.17, 15) is 4.57 Å². The van der Waals surface area contributed by atoms with Gasteiger partial charge in [0.1, 0.15) is 0 Å². The molecule has 0 aliphatic rings. The molecular formula is C20H21OPS2. The van der Waals surface area contributed by atoms with Gasteiger partial charge in [-0.05, 0) is 29.2 Å². The van der Waals surface area contributed by atoms with Crippen molar-refractivity contribution < 1.29 is 4.57 Å². The SMILES string of the molecule is C=CC=C(C)P(=O)(C(=C)SCC=Cc1ccccc1)c1cccs1. The van der Waals surface area contributed by atoms with Crippen LogP contribution in [0.4, 0.5) is 0 Å². The van der Waals surface area contributed by atoms with Crippen molar-refractivity contribution in [1.82, 2.24) is 0 Å². The summed E-state index contributed by atoms with van der Waals surface area (Å²) in [6.45, 7) is 9.75. The fraction of sp³-hybridized carbons (Fsp3) is 0.100. The Morgan fingerprint density at radius 2 is 2.00 bits per heavy atom. The van der Waals surface area contributed by atoms with Gasteiger partial charge >= 0.3 is 0 Å². The van der Waals surface area contributed by atoms with Gasteiger partial charge in [-0.1, -0.05) is 73.9 Å². The molecule has 1 heterocycles. The Morgan fingerprint density at radius 1 is 1.25 bits per heavy atom. The molecule has 0 aliphatic heterocycles. The Hall–Kier alpha value is -1.54. The Balaban J connectivity index is 2.12. The van der Waals surface area contributed by atoms with Gasteiger partial charge in [0, 0.05) is 10.4 Å². The fourth-order valence-corrected chi connectivity index (χ4v) is 8.03. The highest BCUT2D eigenvalue weighted by Gasteiger charge is 2.31. The lowest BCUT2D eigenvalue weighted by Gasteiger charge is -2.19. The van der Waals surface area contributed by atoms with Gasteiger partial charge < -0.3 is 4.57 Å². The van der Waals surface area contributed by atoms with Crippen molar-refractivity contribution in [2.75, 3.05) is 5.75 Å². The van der Waals surface area contributed by atoms with Gasteiger partial charge in [-0.25, -0.2) is 0 Å². The van der Waals surface area contributed by atoms with Gasteiger partial charge in [0.25, 0.3) is 0 Å². The maximum absolute atomic E-state index is 13.7. The largest absolute Gasteiger partial charge is 0.308 e. The third-order valence-electron chi connectivity index (χ3n) is 3.48. The fourth-order valence-electron chi connectivity index (χ4n) is 2.20. The number of allylic oxidation sites excluding steroid dienone is 3. The minimum absolute atomic E-state index is 0.721. The van der Waals surface area contributed by atoms with E-state index in [1.165, 1.54) is 11.3 Å².